The van der Waals surface area contributed by atoms with E-state index in [1.165, 1.54) is 24.0 Å². The summed E-state index contributed by atoms with van der Waals surface area (Å²) >= 11 is 0. The lowest BCUT2D eigenvalue weighted by atomic mass is 9.96. The molecule has 0 atom stereocenters. The van der Waals surface area contributed by atoms with Crippen molar-refractivity contribution in [3.05, 3.63) is 54.1 Å². The first-order chi connectivity index (χ1) is 13.7. The van der Waals surface area contributed by atoms with Crippen LogP contribution in [0.4, 0.5) is 17.1 Å². The summed E-state index contributed by atoms with van der Waals surface area (Å²) in [5.41, 5.74) is 0.700. The van der Waals surface area contributed by atoms with Gasteiger partial charge in [0.1, 0.15) is 5.54 Å². The van der Waals surface area contributed by atoms with Crippen molar-refractivity contribution in [2.45, 2.75) is 26.3 Å². The molecular formula is C21H21N3O5. The normalized spacial score (nSPS) is 14.4. The minimum atomic E-state index is -1.14. The molecule has 29 heavy (non-hydrogen) atoms. The Labute approximate surface area is 167 Å². The molecular weight excluding hydrogens is 374 g/mol. The van der Waals surface area contributed by atoms with E-state index in [0.29, 0.717) is 17.1 Å². The van der Waals surface area contributed by atoms with Gasteiger partial charge in [-0.25, -0.2) is 4.79 Å². The standard InChI is InChI=1S/C21H21N3O5/c1-13(25)22-15-10-8-14(9-11-15)19(27)29-12-18(26)24-17-7-5-4-6-16(17)23-20(28)21(24,2)3/h4-11H,12H2,1-3H3,(H,22,25)(H,23,28). The van der Waals surface area contributed by atoms with E-state index in [-0.39, 0.29) is 17.4 Å². The number of ether oxygens (including phenoxy) is 1. The molecule has 0 fully saturated rings. The van der Waals surface area contributed by atoms with E-state index in [9.17, 15) is 19.2 Å². The SMILES string of the molecule is CC(=O)Nc1ccc(C(=O)OCC(=O)N2c3ccccc3NC(=O)C2(C)C)cc1. The second kappa shape index (κ2) is 7.75. The molecule has 8 nitrogen and oxygen atoms in total. The Kier molecular flexibility index (Phi) is 5.36. The maximum absolute atomic E-state index is 12.9. The van der Waals surface area contributed by atoms with Crippen LogP contribution in [0.3, 0.4) is 0 Å². The fourth-order valence-electron chi connectivity index (χ4n) is 3.07. The third kappa shape index (κ3) is 4.11. The molecule has 1 heterocycles. The smallest absolute Gasteiger partial charge is 0.338 e. The molecule has 0 aromatic heterocycles. The maximum atomic E-state index is 12.9. The average Bonchev–Trinajstić information content (AvgIpc) is 2.67. The number of anilines is 3. The van der Waals surface area contributed by atoms with E-state index >= 15 is 0 Å². The van der Waals surface area contributed by atoms with E-state index in [1.807, 2.05) is 0 Å². The van der Waals surface area contributed by atoms with Crippen LogP contribution in [0.5, 0.6) is 0 Å². The van der Waals surface area contributed by atoms with Crippen LogP contribution in [0.15, 0.2) is 48.5 Å². The van der Waals surface area contributed by atoms with Crippen molar-refractivity contribution in [2.75, 3.05) is 22.1 Å². The monoisotopic (exact) mass is 395 g/mol. The number of amides is 3. The molecule has 0 saturated heterocycles. The summed E-state index contributed by atoms with van der Waals surface area (Å²) in [5, 5.41) is 5.37. The van der Waals surface area contributed by atoms with E-state index < -0.39 is 24.0 Å². The number of nitrogens with one attached hydrogen (secondary N) is 2. The van der Waals surface area contributed by atoms with Gasteiger partial charge in [0.2, 0.25) is 11.8 Å². The Balaban J connectivity index is 1.72. The molecule has 0 radical (unpaired) electrons. The van der Waals surface area contributed by atoms with Crippen LogP contribution in [0.25, 0.3) is 0 Å². The first kappa shape index (κ1) is 20.1. The summed E-state index contributed by atoms with van der Waals surface area (Å²) in [6.07, 6.45) is 0. The van der Waals surface area contributed by atoms with Crippen molar-refractivity contribution in [3.63, 3.8) is 0 Å². The Morgan fingerprint density at radius 3 is 2.38 bits per heavy atom. The molecule has 2 aromatic carbocycles. The van der Waals surface area contributed by atoms with Crippen LogP contribution in [0.2, 0.25) is 0 Å². The van der Waals surface area contributed by atoms with Crippen molar-refractivity contribution in [1.82, 2.24) is 0 Å². The minimum absolute atomic E-state index is 0.223. The number of carbonyl (C=O) groups excluding carboxylic acids is 4. The summed E-state index contributed by atoms with van der Waals surface area (Å²) < 4.78 is 5.16. The van der Waals surface area contributed by atoms with E-state index in [2.05, 4.69) is 10.6 Å². The number of hydrogen-bond acceptors (Lipinski definition) is 5. The van der Waals surface area contributed by atoms with Gasteiger partial charge in [0.05, 0.1) is 16.9 Å². The lowest BCUT2D eigenvalue weighted by molar-refractivity contribution is -0.128. The van der Waals surface area contributed by atoms with Gasteiger partial charge in [-0.1, -0.05) is 12.1 Å². The number of rotatable bonds is 4. The highest BCUT2D eigenvalue weighted by atomic mass is 16.5. The Hall–Kier alpha value is -3.68. The molecule has 0 bridgehead atoms. The molecule has 2 aromatic rings. The predicted molar refractivity (Wildman–Crippen MR) is 108 cm³/mol. The highest BCUT2D eigenvalue weighted by Gasteiger charge is 2.43. The van der Waals surface area contributed by atoms with Crippen LogP contribution < -0.4 is 15.5 Å². The van der Waals surface area contributed by atoms with Crippen LogP contribution >= 0.6 is 0 Å². The Morgan fingerprint density at radius 2 is 1.72 bits per heavy atom. The van der Waals surface area contributed by atoms with Crippen LogP contribution in [0.1, 0.15) is 31.1 Å². The average molecular weight is 395 g/mol. The summed E-state index contributed by atoms with van der Waals surface area (Å²) in [4.78, 5) is 49.9. The highest BCUT2D eigenvalue weighted by molar-refractivity contribution is 6.14. The molecule has 0 unspecified atom stereocenters. The third-order valence-electron chi connectivity index (χ3n) is 4.52. The second-order valence-electron chi connectivity index (χ2n) is 7.09. The van der Waals surface area contributed by atoms with Gasteiger partial charge in [0, 0.05) is 12.6 Å². The number of carbonyl (C=O) groups is 4. The van der Waals surface area contributed by atoms with Crippen molar-refractivity contribution in [1.29, 1.82) is 0 Å². The third-order valence-corrected chi connectivity index (χ3v) is 4.52. The molecule has 3 amide bonds. The van der Waals surface area contributed by atoms with Gasteiger partial charge in [0.25, 0.3) is 5.91 Å². The number of para-hydroxylation sites is 2. The molecule has 2 N–H and O–H groups in total. The molecule has 0 spiro atoms. The fraction of sp³-hybridized carbons (Fsp3) is 0.238. The van der Waals surface area contributed by atoms with Gasteiger partial charge in [-0.15, -0.1) is 0 Å². The molecule has 1 aliphatic heterocycles. The first-order valence-corrected chi connectivity index (χ1v) is 8.98. The van der Waals surface area contributed by atoms with Crippen molar-refractivity contribution in [3.8, 4) is 0 Å². The zero-order valence-electron chi connectivity index (χ0n) is 16.3. The number of benzene rings is 2. The molecule has 0 saturated carbocycles. The maximum Gasteiger partial charge on any atom is 0.338 e. The summed E-state index contributed by atoms with van der Waals surface area (Å²) in [6.45, 7) is 4.11. The highest BCUT2D eigenvalue weighted by Crippen LogP contribution is 2.36. The zero-order chi connectivity index (χ0) is 21.2. The number of hydrogen-bond donors (Lipinski definition) is 2. The van der Waals surface area contributed by atoms with Crippen LogP contribution in [-0.4, -0.2) is 35.8 Å². The van der Waals surface area contributed by atoms with Crippen molar-refractivity contribution < 1.29 is 23.9 Å². The predicted octanol–water partition coefficient (Wildman–Crippen LogP) is 2.57. The number of nitrogens with zero attached hydrogens (tertiary/aromatic N) is 1. The second-order valence-corrected chi connectivity index (χ2v) is 7.09. The largest absolute Gasteiger partial charge is 0.452 e. The summed E-state index contributed by atoms with van der Waals surface area (Å²) in [7, 11) is 0. The van der Waals surface area contributed by atoms with Gasteiger partial charge >= 0.3 is 5.97 Å². The molecule has 150 valence electrons. The van der Waals surface area contributed by atoms with E-state index in [0.717, 1.165) is 0 Å². The Morgan fingerprint density at radius 1 is 1.07 bits per heavy atom. The van der Waals surface area contributed by atoms with Crippen LogP contribution in [0, 0.1) is 0 Å². The quantitative estimate of drug-likeness (QED) is 0.774. The zero-order valence-corrected chi connectivity index (χ0v) is 16.3. The molecule has 3 rings (SSSR count). The van der Waals surface area contributed by atoms with E-state index in [4.69, 9.17) is 4.74 Å². The molecule has 8 heteroatoms. The fourth-order valence-corrected chi connectivity index (χ4v) is 3.07. The summed E-state index contributed by atoms with van der Waals surface area (Å²) in [5.74, 6) is -1.75. The first-order valence-electron chi connectivity index (χ1n) is 8.98. The lowest BCUT2D eigenvalue weighted by Crippen LogP contribution is -2.59. The van der Waals surface area contributed by atoms with Gasteiger partial charge in [-0.05, 0) is 50.2 Å². The van der Waals surface area contributed by atoms with Gasteiger partial charge in [-0.2, -0.15) is 0 Å². The lowest BCUT2D eigenvalue weighted by Gasteiger charge is -2.41. The van der Waals surface area contributed by atoms with Crippen molar-refractivity contribution in [2.24, 2.45) is 0 Å². The van der Waals surface area contributed by atoms with Gasteiger partial charge < -0.3 is 15.4 Å². The van der Waals surface area contributed by atoms with Gasteiger partial charge in [-0.3, -0.25) is 19.3 Å². The van der Waals surface area contributed by atoms with Crippen molar-refractivity contribution >= 4 is 40.8 Å². The van der Waals surface area contributed by atoms with Gasteiger partial charge in [0.15, 0.2) is 6.61 Å². The topological polar surface area (TPSA) is 105 Å². The molecule has 1 aliphatic rings. The number of fused-ring (bicyclic) bond motifs is 1. The number of esters is 1. The minimum Gasteiger partial charge on any atom is -0.452 e. The van der Waals surface area contributed by atoms with Crippen LogP contribution in [-0.2, 0) is 19.1 Å². The molecule has 0 aliphatic carbocycles. The Bertz CT molecular complexity index is 982. The summed E-state index contributed by atoms with van der Waals surface area (Å²) in [6, 6.07) is 13.0. The van der Waals surface area contributed by atoms with E-state index in [1.54, 1.807) is 50.2 Å².